The first kappa shape index (κ1) is 14.5. The molecule has 1 aliphatic rings. The molecule has 0 radical (unpaired) electrons. The molecule has 0 saturated carbocycles. The van der Waals surface area contributed by atoms with E-state index in [0.29, 0.717) is 18.7 Å². The van der Waals surface area contributed by atoms with Crippen molar-refractivity contribution in [3.63, 3.8) is 0 Å². The van der Waals surface area contributed by atoms with E-state index in [0.717, 1.165) is 6.42 Å². The Bertz CT molecular complexity index is 460. The van der Waals surface area contributed by atoms with Crippen LogP contribution in [-0.2, 0) is 20.7 Å². The first-order valence-electron chi connectivity index (χ1n) is 6.73. The zero-order chi connectivity index (χ0) is 14.5. The summed E-state index contributed by atoms with van der Waals surface area (Å²) in [5, 5.41) is 11.8. The van der Waals surface area contributed by atoms with Gasteiger partial charge in [0.05, 0.1) is 18.3 Å². The summed E-state index contributed by atoms with van der Waals surface area (Å²) in [6.45, 7) is 2.50. The molecule has 110 valence electrons. The van der Waals surface area contributed by atoms with Crippen LogP contribution in [0, 0.1) is 5.92 Å². The first-order valence-corrected chi connectivity index (χ1v) is 6.73. The Kier molecular flexibility index (Phi) is 4.73. The summed E-state index contributed by atoms with van der Waals surface area (Å²) in [5.74, 6) is -1.57. The monoisotopic (exact) mass is 281 g/mol. The van der Waals surface area contributed by atoms with E-state index in [2.05, 4.69) is 15.3 Å². The van der Waals surface area contributed by atoms with Crippen molar-refractivity contribution in [3.8, 4) is 0 Å². The summed E-state index contributed by atoms with van der Waals surface area (Å²) in [6.07, 6.45) is 4.49. The quantitative estimate of drug-likeness (QED) is 0.697. The Labute approximate surface area is 116 Å². The third-order valence-electron chi connectivity index (χ3n) is 3.54. The van der Waals surface area contributed by atoms with Crippen molar-refractivity contribution in [3.05, 3.63) is 18.2 Å². The largest absolute Gasteiger partial charge is 0.480 e. The van der Waals surface area contributed by atoms with Crippen LogP contribution in [0.4, 0.5) is 0 Å². The summed E-state index contributed by atoms with van der Waals surface area (Å²) in [4.78, 5) is 30.1. The van der Waals surface area contributed by atoms with Gasteiger partial charge in [0.1, 0.15) is 6.04 Å². The standard InChI is InChI=1S/C13H19N3O4/c1-2-11-9(3-4-20-11)12(17)16-10(13(18)19)5-8-6-14-7-15-8/h6-7,9-11H,2-5H2,1H3,(H,14,15)(H,16,17)(H,18,19). The second-order valence-electron chi connectivity index (χ2n) is 4.89. The minimum atomic E-state index is -1.06. The van der Waals surface area contributed by atoms with Gasteiger partial charge in [0.2, 0.25) is 5.91 Å². The normalized spacial score (nSPS) is 23.4. The molecule has 1 aliphatic heterocycles. The van der Waals surface area contributed by atoms with E-state index in [-0.39, 0.29) is 24.3 Å². The lowest BCUT2D eigenvalue weighted by Crippen LogP contribution is -2.46. The van der Waals surface area contributed by atoms with Crippen LogP contribution < -0.4 is 5.32 Å². The Morgan fingerprint density at radius 1 is 1.65 bits per heavy atom. The number of rotatable bonds is 6. The zero-order valence-electron chi connectivity index (χ0n) is 11.3. The lowest BCUT2D eigenvalue weighted by Gasteiger charge is -2.20. The Morgan fingerprint density at radius 3 is 3.05 bits per heavy atom. The van der Waals surface area contributed by atoms with Crippen molar-refractivity contribution in [1.82, 2.24) is 15.3 Å². The number of hydrogen-bond donors (Lipinski definition) is 3. The number of H-pyrrole nitrogens is 1. The topological polar surface area (TPSA) is 104 Å². The van der Waals surface area contributed by atoms with E-state index in [1.54, 1.807) is 6.20 Å². The van der Waals surface area contributed by atoms with Gasteiger partial charge in [-0.3, -0.25) is 4.79 Å². The van der Waals surface area contributed by atoms with Gasteiger partial charge in [-0.05, 0) is 12.8 Å². The van der Waals surface area contributed by atoms with Crippen molar-refractivity contribution >= 4 is 11.9 Å². The van der Waals surface area contributed by atoms with Crippen molar-refractivity contribution in [2.75, 3.05) is 6.61 Å². The molecule has 7 heteroatoms. The zero-order valence-corrected chi connectivity index (χ0v) is 11.3. The molecular formula is C13H19N3O4. The van der Waals surface area contributed by atoms with Gasteiger partial charge < -0.3 is 20.1 Å². The molecule has 0 aliphatic carbocycles. The molecule has 3 unspecified atom stereocenters. The van der Waals surface area contributed by atoms with E-state index in [1.807, 2.05) is 6.92 Å². The lowest BCUT2D eigenvalue weighted by molar-refractivity contribution is -0.142. The van der Waals surface area contributed by atoms with Gasteiger partial charge in [0, 0.05) is 24.9 Å². The van der Waals surface area contributed by atoms with Crippen LogP contribution in [-0.4, -0.2) is 45.7 Å². The number of ether oxygens (including phenoxy) is 1. The van der Waals surface area contributed by atoms with Crippen molar-refractivity contribution in [1.29, 1.82) is 0 Å². The number of carbonyl (C=O) groups excluding carboxylic acids is 1. The summed E-state index contributed by atoms with van der Waals surface area (Å²) in [6, 6.07) is -0.957. The van der Waals surface area contributed by atoms with Crippen LogP contribution in [0.3, 0.4) is 0 Å². The second-order valence-corrected chi connectivity index (χ2v) is 4.89. The predicted molar refractivity (Wildman–Crippen MR) is 70.0 cm³/mol. The maximum absolute atomic E-state index is 12.2. The summed E-state index contributed by atoms with van der Waals surface area (Å²) >= 11 is 0. The number of carbonyl (C=O) groups is 2. The van der Waals surface area contributed by atoms with Gasteiger partial charge in [0.25, 0.3) is 0 Å². The highest BCUT2D eigenvalue weighted by Gasteiger charge is 2.34. The van der Waals surface area contributed by atoms with Crippen LogP contribution >= 0.6 is 0 Å². The number of hydrogen-bond acceptors (Lipinski definition) is 4. The number of amides is 1. The summed E-state index contributed by atoms with van der Waals surface area (Å²) < 4.78 is 5.46. The van der Waals surface area contributed by atoms with Crippen LogP contribution in [0.2, 0.25) is 0 Å². The molecule has 3 atom stereocenters. The van der Waals surface area contributed by atoms with Gasteiger partial charge >= 0.3 is 5.97 Å². The van der Waals surface area contributed by atoms with Crippen LogP contribution in [0.5, 0.6) is 0 Å². The molecule has 0 aromatic carbocycles. The molecule has 1 aromatic heterocycles. The number of aromatic amines is 1. The first-order chi connectivity index (χ1) is 9.61. The molecule has 1 fully saturated rings. The molecule has 0 bridgehead atoms. The van der Waals surface area contributed by atoms with Crippen LogP contribution in [0.1, 0.15) is 25.5 Å². The van der Waals surface area contributed by atoms with E-state index < -0.39 is 12.0 Å². The second kappa shape index (κ2) is 6.51. The van der Waals surface area contributed by atoms with Crippen molar-refractivity contribution in [2.24, 2.45) is 5.92 Å². The summed E-state index contributed by atoms with van der Waals surface area (Å²) in [5.41, 5.74) is 0.674. The summed E-state index contributed by atoms with van der Waals surface area (Å²) in [7, 11) is 0. The van der Waals surface area contributed by atoms with Gasteiger partial charge in [0.15, 0.2) is 0 Å². The lowest BCUT2D eigenvalue weighted by atomic mass is 9.98. The number of nitrogens with zero attached hydrogens (tertiary/aromatic N) is 1. The predicted octanol–water partition coefficient (Wildman–Crippen LogP) is 0.337. The Morgan fingerprint density at radius 2 is 2.45 bits per heavy atom. The van der Waals surface area contributed by atoms with Crippen molar-refractivity contribution in [2.45, 2.75) is 38.3 Å². The highest BCUT2D eigenvalue weighted by Crippen LogP contribution is 2.23. The fraction of sp³-hybridized carbons (Fsp3) is 0.615. The third-order valence-corrected chi connectivity index (χ3v) is 3.54. The Hall–Kier alpha value is -1.89. The van der Waals surface area contributed by atoms with Gasteiger partial charge in [-0.25, -0.2) is 9.78 Å². The van der Waals surface area contributed by atoms with E-state index in [9.17, 15) is 14.7 Å². The van der Waals surface area contributed by atoms with E-state index in [4.69, 9.17) is 4.74 Å². The molecule has 20 heavy (non-hydrogen) atoms. The van der Waals surface area contributed by atoms with Crippen LogP contribution in [0.15, 0.2) is 12.5 Å². The molecule has 7 nitrogen and oxygen atoms in total. The minimum Gasteiger partial charge on any atom is -0.480 e. The Balaban J connectivity index is 1.97. The number of aliphatic carboxylic acids is 1. The number of aromatic nitrogens is 2. The van der Waals surface area contributed by atoms with Gasteiger partial charge in [-0.1, -0.05) is 6.92 Å². The highest BCUT2D eigenvalue weighted by atomic mass is 16.5. The molecule has 3 N–H and O–H groups in total. The average molecular weight is 281 g/mol. The third kappa shape index (κ3) is 3.36. The smallest absolute Gasteiger partial charge is 0.326 e. The molecular weight excluding hydrogens is 262 g/mol. The van der Waals surface area contributed by atoms with Gasteiger partial charge in [-0.15, -0.1) is 0 Å². The molecule has 1 aromatic rings. The SMILES string of the molecule is CCC1OCCC1C(=O)NC(Cc1cnc[nH]1)C(=O)O. The molecule has 1 saturated heterocycles. The maximum atomic E-state index is 12.2. The number of imidazole rings is 1. The fourth-order valence-electron chi connectivity index (χ4n) is 2.45. The van der Waals surface area contributed by atoms with Gasteiger partial charge in [-0.2, -0.15) is 0 Å². The van der Waals surface area contributed by atoms with Crippen molar-refractivity contribution < 1.29 is 19.4 Å². The molecule has 2 rings (SSSR count). The van der Waals surface area contributed by atoms with Crippen LogP contribution in [0.25, 0.3) is 0 Å². The highest BCUT2D eigenvalue weighted by molar-refractivity contribution is 5.85. The molecule has 1 amide bonds. The average Bonchev–Trinajstić information content (AvgIpc) is 3.08. The molecule has 0 spiro atoms. The number of carboxylic acid groups (broad SMARTS) is 1. The molecule has 2 heterocycles. The fourth-order valence-corrected chi connectivity index (χ4v) is 2.45. The number of carboxylic acids is 1. The number of nitrogens with one attached hydrogen (secondary N) is 2. The maximum Gasteiger partial charge on any atom is 0.326 e. The minimum absolute atomic E-state index is 0.114. The van der Waals surface area contributed by atoms with E-state index >= 15 is 0 Å². The van der Waals surface area contributed by atoms with E-state index in [1.165, 1.54) is 6.33 Å².